The standard InChI is InChI=1S/C17H26N2/c1-17(2)9-15(10-17)19(3)12-14-6-4-5-13-11-18-8-7-16(13)14/h4-6,15,18H,7-12H2,1-3H3. The lowest BCUT2D eigenvalue weighted by atomic mass is 9.68. The Morgan fingerprint density at radius 3 is 2.84 bits per heavy atom. The lowest BCUT2D eigenvalue weighted by Crippen LogP contribution is -2.46. The Balaban J connectivity index is 1.70. The summed E-state index contributed by atoms with van der Waals surface area (Å²) >= 11 is 0. The number of rotatable bonds is 3. The minimum atomic E-state index is 0.568. The zero-order valence-corrected chi connectivity index (χ0v) is 12.5. The van der Waals surface area contributed by atoms with E-state index in [4.69, 9.17) is 0 Å². The van der Waals surface area contributed by atoms with Crippen molar-refractivity contribution in [1.29, 1.82) is 0 Å². The smallest absolute Gasteiger partial charge is 0.0236 e. The van der Waals surface area contributed by atoms with Gasteiger partial charge in [-0.05, 0) is 55.0 Å². The number of hydrogen-bond acceptors (Lipinski definition) is 2. The highest BCUT2D eigenvalue weighted by molar-refractivity contribution is 5.37. The average molecular weight is 258 g/mol. The molecule has 0 saturated heterocycles. The molecule has 0 bridgehead atoms. The maximum absolute atomic E-state index is 3.46. The van der Waals surface area contributed by atoms with Crippen LogP contribution in [0.3, 0.4) is 0 Å². The van der Waals surface area contributed by atoms with E-state index >= 15 is 0 Å². The van der Waals surface area contributed by atoms with Crippen molar-refractivity contribution < 1.29 is 0 Å². The largest absolute Gasteiger partial charge is 0.312 e. The molecule has 1 heterocycles. The molecule has 1 aliphatic carbocycles. The van der Waals surface area contributed by atoms with Crippen LogP contribution < -0.4 is 5.32 Å². The summed E-state index contributed by atoms with van der Waals surface area (Å²) in [6.07, 6.45) is 3.88. The first kappa shape index (κ1) is 13.1. The van der Waals surface area contributed by atoms with Crippen molar-refractivity contribution in [1.82, 2.24) is 10.2 Å². The second-order valence-corrected chi connectivity index (χ2v) is 7.12. The van der Waals surface area contributed by atoms with Crippen LogP contribution in [0.15, 0.2) is 18.2 Å². The summed E-state index contributed by atoms with van der Waals surface area (Å²) in [4.78, 5) is 2.56. The van der Waals surface area contributed by atoms with E-state index in [1.54, 1.807) is 11.1 Å². The predicted molar refractivity (Wildman–Crippen MR) is 80.1 cm³/mol. The Labute approximate surface area is 117 Å². The van der Waals surface area contributed by atoms with Crippen molar-refractivity contribution in [3.05, 3.63) is 34.9 Å². The number of hydrogen-bond donors (Lipinski definition) is 1. The van der Waals surface area contributed by atoms with Gasteiger partial charge >= 0.3 is 0 Å². The Kier molecular flexibility index (Phi) is 3.40. The SMILES string of the molecule is CN(Cc1cccc2c1CCNC2)C1CC(C)(C)C1. The van der Waals surface area contributed by atoms with Crippen LogP contribution in [0.1, 0.15) is 43.4 Å². The molecule has 0 spiro atoms. The Bertz CT molecular complexity index is 456. The van der Waals surface area contributed by atoms with Gasteiger partial charge in [0.25, 0.3) is 0 Å². The molecule has 0 aromatic heterocycles. The van der Waals surface area contributed by atoms with Crippen LogP contribution in [0.25, 0.3) is 0 Å². The van der Waals surface area contributed by atoms with Gasteiger partial charge in [0.1, 0.15) is 0 Å². The normalized spacial score (nSPS) is 22.1. The molecule has 2 heteroatoms. The Hall–Kier alpha value is -0.860. The van der Waals surface area contributed by atoms with Crippen molar-refractivity contribution in [3.63, 3.8) is 0 Å². The van der Waals surface area contributed by atoms with Crippen LogP contribution in [0.5, 0.6) is 0 Å². The highest BCUT2D eigenvalue weighted by atomic mass is 15.1. The van der Waals surface area contributed by atoms with Crippen LogP contribution in [-0.2, 0) is 19.5 Å². The van der Waals surface area contributed by atoms with Crippen molar-refractivity contribution in [2.24, 2.45) is 5.41 Å². The zero-order chi connectivity index (χ0) is 13.5. The van der Waals surface area contributed by atoms with E-state index in [0.717, 1.165) is 25.7 Å². The molecule has 0 unspecified atom stereocenters. The molecule has 104 valence electrons. The fourth-order valence-corrected chi connectivity index (χ4v) is 3.68. The average Bonchev–Trinajstić information content (AvgIpc) is 2.36. The van der Waals surface area contributed by atoms with Gasteiger partial charge in [-0.15, -0.1) is 0 Å². The summed E-state index contributed by atoms with van der Waals surface area (Å²) in [7, 11) is 2.29. The van der Waals surface area contributed by atoms with Gasteiger partial charge in [-0.3, -0.25) is 4.90 Å². The van der Waals surface area contributed by atoms with Crippen LogP contribution in [0.2, 0.25) is 0 Å². The monoisotopic (exact) mass is 258 g/mol. The highest BCUT2D eigenvalue weighted by Gasteiger charge is 2.38. The van der Waals surface area contributed by atoms with Gasteiger partial charge in [-0.2, -0.15) is 0 Å². The molecule has 19 heavy (non-hydrogen) atoms. The van der Waals surface area contributed by atoms with Gasteiger partial charge in [0.2, 0.25) is 0 Å². The molecular weight excluding hydrogens is 232 g/mol. The molecule has 3 rings (SSSR count). The van der Waals surface area contributed by atoms with E-state index in [9.17, 15) is 0 Å². The van der Waals surface area contributed by atoms with E-state index in [-0.39, 0.29) is 0 Å². The van der Waals surface area contributed by atoms with Gasteiger partial charge < -0.3 is 5.32 Å². The molecule has 0 amide bonds. The molecule has 2 aliphatic rings. The van der Waals surface area contributed by atoms with Gasteiger partial charge in [0.15, 0.2) is 0 Å². The third-order valence-corrected chi connectivity index (χ3v) is 4.86. The summed E-state index contributed by atoms with van der Waals surface area (Å²) in [6.45, 7) is 8.05. The minimum Gasteiger partial charge on any atom is -0.312 e. The summed E-state index contributed by atoms with van der Waals surface area (Å²) < 4.78 is 0. The third-order valence-electron chi connectivity index (χ3n) is 4.86. The fraction of sp³-hybridized carbons (Fsp3) is 0.647. The lowest BCUT2D eigenvalue weighted by molar-refractivity contribution is 0.0372. The lowest BCUT2D eigenvalue weighted by Gasteiger charge is -2.47. The minimum absolute atomic E-state index is 0.568. The molecule has 1 fully saturated rings. The third kappa shape index (κ3) is 2.70. The maximum Gasteiger partial charge on any atom is 0.0236 e. The molecular formula is C17H26N2. The van der Waals surface area contributed by atoms with E-state index in [1.807, 2.05) is 0 Å². The van der Waals surface area contributed by atoms with Gasteiger partial charge in [-0.1, -0.05) is 32.0 Å². The molecule has 1 aliphatic heterocycles. The van der Waals surface area contributed by atoms with E-state index in [1.165, 1.54) is 24.8 Å². The molecule has 0 radical (unpaired) electrons. The molecule has 1 aromatic carbocycles. The van der Waals surface area contributed by atoms with Crippen LogP contribution in [-0.4, -0.2) is 24.5 Å². The van der Waals surface area contributed by atoms with Crippen molar-refractivity contribution in [3.8, 4) is 0 Å². The quantitative estimate of drug-likeness (QED) is 0.896. The summed E-state index contributed by atoms with van der Waals surface area (Å²) in [6, 6.07) is 7.61. The van der Waals surface area contributed by atoms with Crippen LogP contribution >= 0.6 is 0 Å². The summed E-state index contributed by atoms with van der Waals surface area (Å²) in [5.41, 5.74) is 5.22. The first-order valence-electron chi connectivity index (χ1n) is 7.56. The number of nitrogens with one attached hydrogen (secondary N) is 1. The molecule has 0 atom stereocenters. The second-order valence-electron chi connectivity index (χ2n) is 7.12. The molecule has 1 N–H and O–H groups in total. The van der Waals surface area contributed by atoms with Gasteiger partial charge in [-0.25, -0.2) is 0 Å². The zero-order valence-electron chi connectivity index (χ0n) is 12.5. The Morgan fingerprint density at radius 2 is 2.11 bits per heavy atom. The first-order chi connectivity index (χ1) is 9.05. The summed E-state index contributed by atoms with van der Waals surface area (Å²) in [5.74, 6) is 0. The van der Waals surface area contributed by atoms with Gasteiger partial charge in [0.05, 0.1) is 0 Å². The topological polar surface area (TPSA) is 15.3 Å². The molecule has 2 nitrogen and oxygen atoms in total. The van der Waals surface area contributed by atoms with E-state index < -0.39 is 0 Å². The fourth-order valence-electron chi connectivity index (χ4n) is 3.68. The molecule has 1 saturated carbocycles. The van der Waals surface area contributed by atoms with Crippen LogP contribution in [0.4, 0.5) is 0 Å². The van der Waals surface area contributed by atoms with Crippen molar-refractivity contribution in [2.45, 2.75) is 52.2 Å². The second kappa shape index (κ2) is 4.92. The van der Waals surface area contributed by atoms with Gasteiger partial charge in [0, 0.05) is 19.1 Å². The highest BCUT2D eigenvalue weighted by Crippen LogP contribution is 2.42. The Morgan fingerprint density at radius 1 is 1.32 bits per heavy atom. The summed E-state index contributed by atoms with van der Waals surface area (Å²) in [5, 5.41) is 3.46. The van der Waals surface area contributed by atoms with Crippen LogP contribution in [0, 0.1) is 5.41 Å². The molecule has 1 aromatic rings. The van der Waals surface area contributed by atoms with E-state index in [2.05, 4.69) is 49.3 Å². The maximum atomic E-state index is 3.46. The predicted octanol–water partition coefficient (Wildman–Crippen LogP) is 2.95. The van der Waals surface area contributed by atoms with Crippen molar-refractivity contribution >= 4 is 0 Å². The number of benzene rings is 1. The first-order valence-corrected chi connectivity index (χ1v) is 7.56. The van der Waals surface area contributed by atoms with E-state index in [0.29, 0.717) is 5.41 Å². The van der Waals surface area contributed by atoms with Crippen molar-refractivity contribution in [2.75, 3.05) is 13.6 Å². The number of nitrogens with zero attached hydrogens (tertiary/aromatic N) is 1. The number of fused-ring (bicyclic) bond motifs is 1.